The molecule has 1 saturated heterocycles. The minimum absolute atomic E-state index is 0.0422. The van der Waals surface area contributed by atoms with E-state index in [1.54, 1.807) is 12.1 Å². The van der Waals surface area contributed by atoms with Crippen LogP contribution in [0.15, 0.2) is 30.6 Å². The first kappa shape index (κ1) is 17.2. The van der Waals surface area contributed by atoms with Crippen molar-refractivity contribution in [1.82, 2.24) is 19.9 Å². The van der Waals surface area contributed by atoms with E-state index in [0.29, 0.717) is 29.0 Å². The van der Waals surface area contributed by atoms with Crippen LogP contribution in [0, 0.1) is 10.1 Å². The molecule has 3 aromatic rings. The predicted octanol–water partition coefficient (Wildman–Crippen LogP) is 2.43. The van der Waals surface area contributed by atoms with Gasteiger partial charge in [0.1, 0.15) is 18.5 Å². The van der Waals surface area contributed by atoms with Crippen molar-refractivity contribution in [3.05, 3.63) is 46.3 Å². The number of hydrogen-bond donors (Lipinski definition) is 2. The van der Waals surface area contributed by atoms with E-state index in [1.165, 1.54) is 18.5 Å². The first-order valence-corrected chi connectivity index (χ1v) is 8.60. The molecule has 27 heavy (non-hydrogen) atoms. The van der Waals surface area contributed by atoms with Crippen LogP contribution in [0.2, 0.25) is 0 Å². The molecule has 0 amide bonds. The fourth-order valence-corrected chi connectivity index (χ4v) is 2.89. The molecule has 10 heteroatoms. The molecule has 140 valence electrons. The molecular formula is C17H18N6O4. The van der Waals surface area contributed by atoms with Crippen LogP contribution in [0.25, 0.3) is 11.2 Å². The van der Waals surface area contributed by atoms with Gasteiger partial charge in [-0.25, -0.2) is 4.98 Å². The zero-order chi connectivity index (χ0) is 18.6. The molecule has 0 aliphatic carbocycles. The monoisotopic (exact) mass is 370 g/mol. The number of H-pyrrole nitrogens is 1. The van der Waals surface area contributed by atoms with Gasteiger partial charge in [0.25, 0.3) is 5.69 Å². The van der Waals surface area contributed by atoms with Gasteiger partial charge in [0.15, 0.2) is 5.65 Å². The van der Waals surface area contributed by atoms with E-state index in [9.17, 15) is 10.1 Å². The molecule has 3 heterocycles. The number of hydrogen-bond acceptors (Lipinski definition) is 8. The van der Waals surface area contributed by atoms with Gasteiger partial charge >= 0.3 is 0 Å². The summed E-state index contributed by atoms with van der Waals surface area (Å²) >= 11 is 0. The van der Waals surface area contributed by atoms with Crippen LogP contribution in [0.1, 0.15) is 18.4 Å². The van der Waals surface area contributed by atoms with Crippen LogP contribution < -0.4 is 10.1 Å². The summed E-state index contributed by atoms with van der Waals surface area (Å²) in [5, 5.41) is 14.1. The Kier molecular flexibility index (Phi) is 4.79. The minimum atomic E-state index is -0.434. The Morgan fingerprint density at radius 3 is 2.78 bits per heavy atom. The fraction of sp³-hybridized carbons (Fsp3) is 0.353. The van der Waals surface area contributed by atoms with E-state index < -0.39 is 4.92 Å². The van der Waals surface area contributed by atoms with E-state index in [4.69, 9.17) is 9.47 Å². The molecule has 0 bridgehead atoms. The van der Waals surface area contributed by atoms with Crippen LogP contribution in [0.4, 0.5) is 11.6 Å². The number of aromatic amines is 1. The molecule has 4 rings (SSSR count). The molecule has 10 nitrogen and oxygen atoms in total. The van der Waals surface area contributed by atoms with Gasteiger partial charge in [0.05, 0.1) is 4.92 Å². The largest absolute Gasteiger partial charge is 0.471 e. The number of ether oxygens (including phenoxy) is 2. The third kappa shape index (κ3) is 3.95. The maximum Gasteiger partial charge on any atom is 0.269 e. The average Bonchev–Trinajstić information content (AvgIpc) is 3.10. The highest BCUT2D eigenvalue weighted by molar-refractivity contribution is 5.78. The van der Waals surface area contributed by atoms with E-state index in [2.05, 4.69) is 25.3 Å². The maximum atomic E-state index is 10.7. The summed E-state index contributed by atoms with van der Waals surface area (Å²) in [5.41, 5.74) is 1.96. The number of imidazole rings is 1. The number of rotatable bonds is 6. The van der Waals surface area contributed by atoms with Gasteiger partial charge in [-0.15, -0.1) is 0 Å². The summed E-state index contributed by atoms with van der Waals surface area (Å²) < 4.78 is 11.1. The van der Waals surface area contributed by atoms with Crippen LogP contribution in [-0.4, -0.2) is 44.1 Å². The van der Waals surface area contributed by atoms with Crippen molar-refractivity contribution in [2.75, 3.05) is 18.5 Å². The van der Waals surface area contributed by atoms with Crippen molar-refractivity contribution in [2.24, 2.45) is 0 Å². The molecule has 1 fully saturated rings. The second-order valence-corrected chi connectivity index (χ2v) is 6.21. The Bertz CT molecular complexity index is 936. The highest BCUT2D eigenvalue weighted by Gasteiger charge is 2.17. The Morgan fingerprint density at radius 1 is 1.26 bits per heavy atom. The van der Waals surface area contributed by atoms with Crippen LogP contribution in [0.5, 0.6) is 5.88 Å². The number of anilines is 1. The lowest BCUT2D eigenvalue weighted by Gasteiger charge is -2.22. The number of aromatic nitrogens is 4. The molecule has 1 aliphatic heterocycles. The number of benzene rings is 1. The Balaban J connectivity index is 1.47. The smallest absolute Gasteiger partial charge is 0.269 e. The van der Waals surface area contributed by atoms with Gasteiger partial charge in [-0.2, -0.15) is 9.97 Å². The third-order valence-corrected chi connectivity index (χ3v) is 4.34. The Hall–Kier alpha value is -3.27. The first-order valence-electron chi connectivity index (χ1n) is 8.60. The molecule has 0 radical (unpaired) electrons. The highest BCUT2D eigenvalue weighted by atomic mass is 16.6. The summed E-state index contributed by atoms with van der Waals surface area (Å²) in [6.07, 6.45) is 3.24. The fourth-order valence-electron chi connectivity index (χ4n) is 2.89. The van der Waals surface area contributed by atoms with Crippen molar-refractivity contribution in [3.8, 4) is 5.88 Å². The summed E-state index contributed by atoms with van der Waals surface area (Å²) in [6, 6.07) is 6.50. The molecule has 0 unspecified atom stereocenters. The van der Waals surface area contributed by atoms with E-state index in [1.807, 2.05) is 0 Å². The van der Waals surface area contributed by atoms with Gasteiger partial charge in [-0.3, -0.25) is 10.1 Å². The van der Waals surface area contributed by atoms with Crippen LogP contribution in [0.3, 0.4) is 0 Å². The Morgan fingerprint density at radius 2 is 2.04 bits per heavy atom. The number of nitro groups is 1. The zero-order valence-electron chi connectivity index (χ0n) is 14.4. The van der Waals surface area contributed by atoms with E-state index >= 15 is 0 Å². The molecule has 2 N–H and O–H groups in total. The Labute approximate surface area is 154 Å². The standard InChI is InChI=1S/C17H18N6O4/c24-23(25)13-3-1-11(2-4-13)9-27-16-14-15(18-10-19-16)22-17(21-14)20-12-5-7-26-8-6-12/h1-4,10,12H,5-9H2,(H2,18,19,20,21,22). The number of nitro benzene ring substituents is 1. The summed E-state index contributed by atoms with van der Waals surface area (Å²) in [5.74, 6) is 1.00. The van der Waals surface area contributed by atoms with Gasteiger partial charge in [-0.1, -0.05) is 0 Å². The number of nitrogens with zero attached hydrogens (tertiary/aromatic N) is 4. The molecule has 1 aliphatic rings. The number of fused-ring (bicyclic) bond motifs is 1. The lowest BCUT2D eigenvalue weighted by molar-refractivity contribution is -0.384. The normalized spacial score (nSPS) is 15.0. The zero-order valence-corrected chi connectivity index (χ0v) is 14.4. The molecular weight excluding hydrogens is 352 g/mol. The topological polar surface area (TPSA) is 128 Å². The van der Waals surface area contributed by atoms with Gasteiger partial charge in [0.2, 0.25) is 11.8 Å². The van der Waals surface area contributed by atoms with E-state index in [0.717, 1.165) is 31.6 Å². The average molecular weight is 370 g/mol. The summed E-state index contributed by atoms with van der Waals surface area (Å²) in [6.45, 7) is 1.70. The molecule has 0 saturated carbocycles. The lowest BCUT2D eigenvalue weighted by atomic mass is 10.1. The van der Waals surface area contributed by atoms with Crippen molar-refractivity contribution in [2.45, 2.75) is 25.5 Å². The first-order chi connectivity index (χ1) is 13.2. The van der Waals surface area contributed by atoms with Crippen molar-refractivity contribution in [1.29, 1.82) is 0 Å². The second kappa shape index (κ2) is 7.54. The van der Waals surface area contributed by atoms with Crippen LogP contribution >= 0.6 is 0 Å². The summed E-state index contributed by atoms with van der Waals surface area (Å²) in [4.78, 5) is 26.2. The van der Waals surface area contributed by atoms with Crippen LogP contribution in [-0.2, 0) is 11.3 Å². The van der Waals surface area contributed by atoms with Gasteiger partial charge in [0, 0.05) is 31.4 Å². The van der Waals surface area contributed by atoms with Crippen molar-refractivity contribution >= 4 is 22.8 Å². The maximum absolute atomic E-state index is 10.7. The van der Waals surface area contributed by atoms with Gasteiger partial charge in [-0.05, 0) is 30.5 Å². The lowest BCUT2D eigenvalue weighted by Crippen LogP contribution is -2.28. The predicted molar refractivity (Wildman–Crippen MR) is 96.6 cm³/mol. The SMILES string of the molecule is O=[N+]([O-])c1ccc(COc2ncnc3nc(NC4CCOCC4)[nH]c23)cc1. The molecule has 0 spiro atoms. The van der Waals surface area contributed by atoms with Crippen molar-refractivity contribution < 1.29 is 14.4 Å². The molecule has 2 aromatic heterocycles. The van der Waals surface area contributed by atoms with Crippen molar-refractivity contribution in [3.63, 3.8) is 0 Å². The highest BCUT2D eigenvalue weighted by Crippen LogP contribution is 2.23. The minimum Gasteiger partial charge on any atom is -0.471 e. The molecule has 1 aromatic carbocycles. The number of non-ortho nitro benzene ring substituents is 1. The third-order valence-electron chi connectivity index (χ3n) is 4.34. The second-order valence-electron chi connectivity index (χ2n) is 6.21. The van der Waals surface area contributed by atoms with E-state index in [-0.39, 0.29) is 12.3 Å². The quantitative estimate of drug-likeness (QED) is 0.500. The number of nitrogens with one attached hydrogen (secondary N) is 2. The molecule has 0 atom stereocenters. The summed E-state index contributed by atoms with van der Waals surface area (Å²) in [7, 11) is 0. The van der Waals surface area contributed by atoms with Gasteiger partial charge < -0.3 is 19.8 Å².